The molecule has 1 rings (SSSR count). The van der Waals surface area contributed by atoms with Crippen molar-refractivity contribution in [3.63, 3.8) is 0 Å². The van der Waals surface area contributed by atoms with E-state index in [1.54, 1.807) is 19.2 Å². The fourth-order valence-electron chi connectivity index (χ4n) is 1.32. The Balaban J connectivity index is 0.00000225. The minimum Gasteiger partial charge on any atom is -0.494 e. The van der Waals surface area contributed by atoms with Crippen molar-refractivity contribution in [1.82, 2.24) is 0 Å². The molecule has 6 heteroatoms. The van der Waals surface area contributed by atoms with Gasteiger partial charge < -0.3 is 25.6 Å². The molecule has 0 bridgehead atoms. The van der Waals surface area contributed by atoms with Crippen LogP contribution < -0.4 is 20.5 Å². The number of nitrogens with two attached hydrogens (primary N) is 1. The monoisotopic (exact) mass is 248 g/mol. The first-order valence-electron chi connectivity index (χ1n) is 4.59. The molecule has 92 valence electrons. The van der Waals surface area contributed by atoms with Crippen LogP contribution in [0.25, 0.3) is 0 Å². The van der Waals surface area contributed by atoms with Crippen LogP contribution in [0.1, 0.15) is 0 Å². The van der Waals surface area contributed by atoms with E-state index in [4.69, 9.17) is 20.3 Å². The van der Waals surface area contributed by atoms with Crippen molar-refractivity contribution in [2.75, 3.05) is 38.4 Å². The van der Waals surface area contributed by atoms with Gasteiger partial charge in [-0.2, -0.15) is 0 Å². The highest BCUT2D eigenvalue weighted by Gasteiger charge is 2.12. The maximum absolute atomic E-state index is 8.75. The number of aliphatic hydroxyl groups excluding tert-OH is 1. The molecule has 0 heterocycles. The molecule has 4 N–H and O–H groups in total. The molecular weight excluding hydrogens is 232 g/mol. The fourth-order valence-corrected chi connectivity index (χ4v) is 1.32. The van der Waals surface area contributed by atoms with E-state index in [1.807, 2.05) is 0 Å². The van der Waals surface area contributed by atoms with Crippen LogP contribution in [0.5, 0.6) is 11.5 Å². The average Bonchev–Trinajstić information content (AvgIpc) is 2.26. The molecule has 16 heavy (non-hydrogen) atoms. The Morgan fingerprint density at radius 2 is 2.00 bits per heavy atom. The van der Waals surface area contributed by atoms with Crippen LogP contribution in [0, 0.1) is 0 Å². The average molecular weight is 249 g/mol. The van der Waals surface area contributed by atoms with Crippen LogP contribution in [-0.4, -0.2) is 32.5 Å². The zero-order valence-electron chi connectivity index (χ0n) is 9.32. The van der Waals surface area contributed by atoms with Crippen molar-refractivity contribution in [2.45, 2.75) is 0 Å². The first kappa shape index (κ1) is 14.7. The third-order valence-corrected chi connectivity index (χ3v) is 1.99. The molecule has 0 fully saturated rings. The highest BCUT2D eigenvalue weighted by atomic mass is 35.5. The third kappa shape index (κ3) is 3.08. The molecule has 0 radical (unpaired) electrons. The van der Waals surface area contributed by atoms with Gasteiger partial charge in [0.2, 0.25) is 0 Å². The van der Waals surface area contributed by atoms with Gasteiger partial charge in [-0.05, 0) is 12.1 Å². The van der Waals surface area contributed by atoms with Gasteiger partial charge in [0.05, 0.1) is 26.5 Å². The Bertz CT molecular complexity index is 334. The lowest BCUT2D eigenvalue weighted by Gasteiger charge is -2.15. The summed E-state index contributed by atoms with van der Waals surface area (Å²) in [5.74, 6) is 1.16. The zero-order valence-corrected chi connectivity index (χ0v) is 10.1. The zero-order chi connectivity index (χ0) is 11.3. The predicted molar refractivity (Wildman–Crippen MR) is 66.8 cm³/mol. The van der Waals surface area contributed by atoms with E-state index in [1.165, 1.54) is 7.11 Å². The van der Waals surface area contributed by atoms with Gasteiger partial charge in [0.25, 0.3) is 0 Å². The molecule has 0 saturated carbocycles. The van der Waals surface area contributed by atoms with Crippen molar-refractivity contribution >= 4 is 23.8 Å². The SMILES string of the molecule is COc1ccc(N)c(OC)c1NCCO.Cl. The van der Waals surface area contributed by atoms with Crippen LogP contribution in [0.3, 0.4) is 0 Å². The molecule has 0 amide bonds. The minimum atomic E-state index is 0. The fraction of sp³-hybridized carbons (Fsp3) is 0.400. The summed E-state index contributed by atoms with van der Waals surface area (Å²) in [6, 6.07) is 3.46. The second-order valence-corrected chi connectivity index (χ2v) is 2.92. The van der Waals surface area contributed by atoms with Gasteiger partial charge in [-0.3, -0.25) is 0 Å². The molecule has 1 aromatic rings. The number of nitrogens with one attached hydrogen (secondary N) is 1. The summed E-state index contributed by atoms with van der Waals surface area (Å²) in [5, 5.41) is 11.7. The predicted octanol–water partition coefficient (Wildman–Crippen LogP) is 1.11. The lowest BCUT2D eigenvalue weighted by Crippen LogP contribution is -2.09. The number of hydrogen-bond acceptors (Lipinski definition) is 5. The molecule has 0 aliphatic carbocycles. The molecule has 0 saturated heterocycles. The highest BCUT2D eigenvalue weighted by molar-refractivity contribution is 5.85. The summed E-state index contributed by atoms with van der Waals surface area (Å²) < 4.78 is 10.3. The first-order chi connectivity index (χ1) is 7.24. The maximum atomic E-state index is 8.75. The van der Waals surface area contributed by atoms with Crippen molar-refractivity contribution in [1.29, 1.82) is 0 Å². The van der Waals surface area contributed by atoms with Crippen LogP contribution in [0.2, 0.25) is 0 Å². The van der Waals surface area contributed by atoms with Crippen molar-refractivity contribution in [3.8, 4) is 11.5 Å². The number of halogens is 1. The van der Waals surface area contributed by atoms with E-state index in [2.05, 4.69) is 5.32 Å². The summed E-state index contributed by atoms with van der Waals surface area (Å²) in [5.41, 5.74) is 6.93. The number of aliphatic hydroxyl groups is 1. The van der Waals surface area contributed by atoms with Crippen molar-refractivity contribution < 1.29 is 14.6 Å². The first-order valence-corrected chi connectivity index (χ1v) is 4.59. The molecule has 1 aromatic carbocycles. The largest absolute Gasteiger partial charge is 0.494 e. The number of hydrogen-bond donors (Lipinski definition) is 3. The summed E-state index contributed by atoms with van der Waals surface area (Å²) >= 11 is 0. The molecule has 0 aliphatic rings. The molecular formula is C10H17ClN2O3. The minimum absolute atomic E-state index is 0. The summed E-state index contributed by atoms with van der Waals surface area (Å²) in [7, 11) is 3.10. The number of benzene rings is 1. The van der Waals surface area contributed by atoms with Gasteiger partial charge in [-0.1, -0.05) is 0 Å². The Morgan fingerprint density at radius 3 is 2.50 bits per heavy atom. The second-order valence-electron chi connectivity index (χ2n) is 2.92. The third-order valence-electron chi connectivity index (χ3n) is 1.99. The number of ether oxygens (including phenoxy) is 2. The van der Waals surface area contributed by atoms with Gasteiger partial charge in [0.15, 0.2) is 5.75 Å². The van der Waals surface area contributed by atoms with Crippen LogP contribution in [-0.2, 0) is 0 Å². The molecule has 5 nitrogen and oxygen atoms in total. The van der Waals surface area contributed by atoms with Crippen LogP contribution >= 0.6 is 12.4 Å². The van der Waals surface area contributed by atoms with Crippen LogP contribution in [0.15, 0.2) is 12.1 Å². The molecule has 0 atom stereocenters. The Hall–Kier alpha value is -1.33. The van der Waals surface area contributed by atoms with Crippen molar-refractivity contribution in [2.24, 2.45) is 0 Å². The van der Waals surface area contributed by atoms with Gasteiger partial charge in [0, 0.05) is 6.54 Å². The normalized spacial score (nSPS) is 9.19. The standard InChI is InChI=1S/C10H16N2O3.ClH/c1-14-8-4-3-7(11)10(15-2)9(8)12-5-6-13;/h3-4,12-13H,5-6,11H2,1-2H3;1H. The Morgan fingerprint density at radius 1 is 1.31 bits per heavy atom. The van der Waals surface area contributed by atoms with Gasteiger partial charge >= 0.3 is 0 Å². The summed E-state index contributed by atoms with van der Waals surface area (Å²) in [6.45, 7) is 0.442. The van der Waals surface area contributed by atoms with E-state index >= 15 is 0 Å². The molecule has 0 spiro atoms. The molecule has 0 aliphatic heterocycles. The summed E-state index contributed by atoms with van der Waals surface area (Å²) in [4.78, 5) is 0. The smallest absolute Gasteiger partial charge is 0.168 e. The maximum Gasteiger partial charge on any atom is 0.168 e. The summed E-state index contributed by atoms with van der Waals surface area (Å²) in [6.07, 6.45) is 0. The van der Waals surface area contributed by atoms with E-state index in [-0.39, 0.29) is 19.0 Å². The second kappa shape index (κ2) is 7.03. The molecule has 0 unspecified atom stereocenters. The molecule has 0 aromatic heterocycles. The van der Waals surface area contributed by atoms with E-state index < -0.39 is 0 Å². The lowest BCUT2D eigenvalue weighted by molar-refractivity contribution is 0.310. The topological polar surface area (TPSA) is 76.7 Å². The number of nitrogen functional groups attached to an aromatic ring is 1. The van der Waals surface area contributed by atoms with Crippen LogP contribution in [0.4, 0.5) is 11.4 Å². The van der Waals surface area contributed by atoms with E-state index in [0.717, 1.165) is 0 Å². The van der Waals surface area contributed by atoms with Gasteiger partial charge in [0.1, 0.15) is 11.4 Å². The van der Waals surface area contributed by atoms with Gasteiger partial charge in [-0.25, -0.2) is 0 Å². The van der Waals surface area contributed by atoms with Gasteiger partial charge in [-0.15, -0.1) is 12.4 Å². The Kier molecular flexibility index (Phi) is 6.44. The lowest BCUT2D eigenvalue weighted by atomic mass is 10.2. The van der Waals surface area contributed by atoms with E-state index in [0.29, 0.717) is 29.4 Å². The van der Waals surface area contributed by atoms with Crippen molar-refractivity contribution in [3.05, 3.63) is 12.1 Å². The highest BCUT2D eigenvalue weighted by Crippen LogP contribution is 2.38. The Labute approximate surface area is 101 Å². The number of rotatable bonds is 5. The number of methoxy groups -OCH3 is 2. The van der Waals surface area contributed by atoms with E-state index in [9.17, 15) is 0 Å². The quantitative estimate of drug-likeness (QED) is 0.681. The number of anilines is 2.